The molecule has 1 saturated carbocycles. The fourth-order valence-electron chi connectivity index (χ4n) is 1.28. The summed E-state index contributed by atoms with van der Waals surface area (Å²) in [5, 5.41) is 0. The third-order valence-corrected chi connectivity index (χ3v) is 1.80. The number of rotatable bonds is 2. The average molecular weight is 148 g/mol. The van der Waals surface area contributed by atoms with Crippen LogP contribution in [0, 0.1) is 0 Å². The van der Waals surface area contributed by atoms with Crippen molar-refractivity contribution in [3.8, 4) is 0 Å². The van der Waals surface area contributed by atoms with E-state index in [4.69, 9.17) is 4.74 Å². The normalized spacial score (nSPS) is 19.2. The van der Waals surface area contributed by atoms with E-state index >= 15 is 0 Å². The number of halogens is 1. The van der Waals surface area contributed by atoms with Gasteiger partial charge in [-0.15, -0.1) is 0 Å². The zero-order chi connectivity index (χ0) is 6.53. The summed E-state index contributed by atoms with van der Waals surface area (Å²) >= 11 is 0. The molecule has 0 amide bonds. The molecule has 1 rings (SSSR count). The third kappa shape index (κ3) is 2.80. The molecule has 0 bridgehead atoms. The highest BCUT2D eigenvalue weighted by molar-refractivity contribution is 5.37. The fraction of sp³-hybridized carbons (Fsp3) is 0.857. The molecule has 60 valence electrons. The largest absolute Gasteiger partial charge is 0.465 e. The standard InChI is InChI=1S/C7H12O2.FH/c8-6-9-7-4-2-1-3-5-7;/h6-7H,1-5H2;1H. The first-order valence-corrected chi connectivity index (χ1v) is 3.52. The number of carbonyl (C=O) groups is 1. The molecule has 1 aliphatic carbocycles. The van der Waals surface area contributed by atoms with Gasteiger partial charge in [0.25, 0.3) is 6.47 Å². The first-order valence-electron chi connectivity index (χ1n) is 3.52. The van der Waals surface area contributed by atoms with Gasteiger partial charge in [0.05, 0.1) is 0 Å². The molecule has 0 heterocycles. The van der Waals surface area contributed by atoms with Crippen LogP contribution in [-0.2, 0) is 9.53 Å². The van der Waals surface area contributed by atoms with Gasteiger partial charge in [-0.3, -0.25) is 9.50 Å². The summed E-state index contributed by atoms with van der Waals surface area (Å²) in [5.74, 6) is 0. The fourth-order valence-corrected chi connectivity index (χ4v) is 1.28. The first-order chi connectivity index (χ1) is 4.43. The summed E-state index contributed by atoms with van der Waals surface area (Å²) in [6, 6.07) is 0. The van der Waals surface area contributed by atoms with Crippen molar-refractivity contribution in [3.63, 3.8) is 0 Å². The molecule has 1 fully saturated rings. The molecule has 3 heteroatoms. The van der Waals surface area contributed by atoms with E-state index in [1.54, 1.807) is 0 Å². The molecule has 0 unspecified atom stereocenters. The molecule has 0 aromatic heterocycles. The van der Waals surface area contributed by atoms with Gasteiger partial charge in [-0.25, -0.2) is 0 Å². The van der Waals surface area contributed by atoms with Crippen molar-refractivity contribution in [3.05, 3.63) is 0 Å². The Hall–Kier alpha value is -0.600. The molecule has 0 aliphatic heterocycles. The van der Waals surface area contributed by atoms with Crippen LogP contribution in [0.2, 0.25) is 0 Å². The Morgan fingerprint density at radius 2 is 1.80 bits per heavy atom. The maximum atomic E-state index is 9.85. The minimum absolute atomic E-state index is 0. The van der Waals surface area contributed by atoms with Crippen LogP contribution < -0.4 is 0 Å². The lowest BCUT2D eigenvalue weighted by atomic mass is 9.98. The second-order valence-electron chi connectivity index (χ2n) is 2.49. The summed E-state index contributed by atoms with van der Waals surface area (Å²) in [5.41, 5.74) is 0. The van der Waals surface area contributed by atoms with E-state index in [2.05, 4.69) is 0 Å². The van der Waals surface area contributed by atoms with Gasteiger partial charge in [0, 0.05) is 0 Å². The molecule has 0 aromatic rings. The van der Waals surface area contributed by atoms with Crippen LogP contribution in [0.25, 0.3) is 0 Å². The second-order valence-corrected chi connectivity index (χ2v) is 2.49. The van der Waals surface area contributed by atoms with Gasteiger partial charge in [0.1, 0.15) is 6.10 Å². The molecular formula is C7H13FO2. The van der Waals surface area contributed by atoms with Crippen LogP contribution in [0.3, 0.4) is 0 Å². The second kappa shape index (κ2) is 5.21. The third-order valence-electron chi connectivity index (χ3n) is 1.80. The van der Waals surface area contributed by atoms with Gasteiger partial charge in [0.2, 0.25) is 0 Å². The van der Waals surface area contributed by atoms with Crippen molar-refractivity contribution in [2.75, 3.05) is 0 Å². The predicted octanol–water partition coefficient (Wildman–Crippen LogP) is 1.64. The van der Waals surface area contributed by atoms with Crippen molar-refractivity contribution in [1.29, 1.82) is 0 Å². The molecule has 0 atom stereocenters. The van der Waals surface area contributed by atoms with E-state index < -0.39 is 0 Å². The minimum atomic E-state index is 0. The Bertz CT molecular complexity index is 89.6. The van der Waals surface area contributed by atoms with E-state index in [1.807, 2.05) is 0 Å². The van der Waals surface area contributed by atoms with Crippen LogP contribution in [0.4, 0.5) is 4.70 Å². The smallest absolute Gasteiger partial charge is 0.293 e. The van der Waals surface area contributed by atoms with Crippen molar-refractivity contribution < 1.29 is 14.2 Å². The zero-order valence-corrected chi connectivity index (χ0v) is 5.91. The Labute approximate surface area is 59.9 Å². The highest BCUT2D eigenvalue weighted by Crippen LogP contribution is 2.19. The number of ether oxygens (including phenoxy) is 1. The molecule has 0 spiro atoms. The first kappa shape index (κ1) is 9.40. The zero-order valence-electron chi connectivity index (χ0n) is 5.91. The molecular weight excluding hydrogens is 135 g/mol. The average Bonchev–Trinajstić information content (AvgIpc) is 1.91. The van der Waals surface area contributed by atoms with Gasteiger partial charge in [-0.05, 0) is 25.7 Å². The monoisotopic (exact) mass is 148 g/mol. The van der Waals surface area contributed by atoms with Crippen molar-refractivity contribution in [2.45, 2.75) is 38.2 Å². The van der Waals surface area contributed by atoms with Gasteiger partial charge in [0.15, 0.2) is 0 Å². The lowest BCUT2D eigenvalue weighted by Crippen LogP contribution is -2.15. The Balaban J connectivity index is 0.000000810. The molecule has 2 nitrogen and oxygen atoms in total. The van der Waals surface area contributed by atoms with Gasteiger partial charge in [-0.1, -0.05) is 6.42 Å². The van der Waals surface area contributed by atoms with Gasteiger partial charge in [-0.2, -0.15) is 0 Å². The highest BCUT2D eigenvalue weighted by Gasteiger charge is 2.12. The molecule has 1 aliphatic rings. The summed E-state index contributed by atoms with van der Waals surface area (Å²) in [4.78, 5) is 9.85. The summed E-state index contributed by atoms with van der Waals surface area (Å²) in [6.07, 6.45) is 6.11. The Morgan fingerprint density at radius 1 is 1.20 bits per heavy atom. The lowest BCUT2D eigenvalue weighted by molar-refractivity contribution is -0.134. The molecule has 0 N–H and O–H groups in total. The molecule has 10 heavy (non-hydrogen) atoms. The van der Waals surface area contributed by atoms with Crippen molar-refractivity contribution >= 4 is 6.47 Å². The maximum absolute atomic E-state index is 9.85. The highest BCUT2D eigenvalue weighted by atomic mass is 19.0. The van der Waals surface area contributed by atoms with E-state index in [-0.39, 0.29) is 10.8 Å². The quantitative estimate of drug-likeness (QED) is 0.556. The minimum Gasteiger partial charge on any atom is -0.465 e. The van der Waals surface area contributed by atoms with E-state index in [1.165, 1.54) is 19.3 Å². The van der Waals surface area contributed by atoms with E-state index in [0.717, 1.165) is 12.8 Å². The number of hydrogen-bond donors (Lipinski definition) is 0. The topological polar surface area (TPSA) is 26.3 Å². The van der Waals surface area contributed by atoms with Crippen LogP contribution in [0.1, 0.15) is 32.1 Å². The lowest BCUT2D eigenvalue weighted by Gasteiger charge is -2.18. The van der Waals surface area contributed by atoms with Crippen LogP contribution >= 0.6 is 0 Å². The maximum Gasteiger partial charge on any atom is 0.293 e. The predicted molar refractivity (Wildman–Crippen MR) is 36.5 cm³/mol. The van der Waals surface area contributed by atoms with Crippen LogP contribution in [0.15, 0.2) is 0 Å². The van der Waals surface area contributed by atoms with E-state index in [0.29, 0.717) is 6.47 Å². The summed E-state index contributed by atoms with van der Waals surface area (Å²) in [6.45, 7) is 0.565. The number of carbonyl (C=O) groups excluding carboxylic acids is 1. The molecule has 0 aromatic carbocycles. The summed E-state index contributed by atoms with van der Waals surface area (Å²) in [7, 11) is 0. The van der Waals surface area contributed by atoms with Gasteiger partial charge >= 0.3 is 0 Å². The van der Waals surface area contributed by atoms with Crippen molar-refractivity contribution in [2.24, 2.45) is 0 Å². The van der Waals surface area contributed by atoms with Crippen LogP contribution in [-0.4, -0.2) is 12.6 Å². The van der Waals surface area contributed by atoms with Crippen molar-refractivity contribution in [1.82, 2.24) is 0 Å². The Kier molecular flexibility index (Phi) is 4.89. The van der Waals surface area contributed by atoms with Crippen LogP contribution in [0.5, 0.6) is 0 Å². The summed E-state index contributed by atoms with van der Waals surface area (Å²) < 4.78 is 4.80. The molecule has 0 saturated heterocycles. The van der Waals surface area contributed by atoms with Gasteiger partial charge < -0.3 is 4.74 Å². The number of hydrogen-bond acceptors (Lipinski definition) is 2. The van der Waals surface area contributed by atoms with E-state index in [9.17, 15) is 4.79 Å². The SMILES string of the molecule is F.O=COC1CCCCC1. The molecule has 0 radical (unpaired) electrons. The Morgan fingerprint density at radius 3 is 2.30 bits per heavy atom.